The molecule has 0 spiro atoms. The highest BCUT2D eigenvalue weighted by atomic mass is 79.9. The van der Waals surface area contributed by atoms with Gasteiger partial charge in [0.05, 0.1) is 5.52 Å². The van der Waals surface area contributed by atoms with Gasteiger partial charge < -0.3 is 4.98 Å². The van der Waals surface area contributed by atoms with Gasteiger partial charge in [0.25, 0.3) is 0 Å². The van der Waals surface area contributed by atoms with Gasteiger partial charge >= 0.3 is 5.69 Å². The molecule has 2 aromatic rings. The molecule has 0 bridgehead atoms. The molecule has 0 saturated carbocycles. The van der Waals surface area contributed by atoms with Crippen LogP contribution in [0.1, 0.15) is 13.8 Å². The number of halogens is 2. The Kier molecular flexibility index (Phi) is 3.96. The van der Waals surface area contributed by atoms with Crippen LogP contribution in [0.5, 0.6) is 0 Å². The first-order valence-corrected chi connectivity index (χ1v) is 5.30. The number of fused-ring (bicyclic) bond motifs is 1. The van der Waals surface area contributed by atoms with E-state index in [1.165, 1.54) is 12.3 Å². The fourth-order valence-corrected chi connectivity index (χ4v) is 1.54. The van der Waals surface area contributed by atoms with Crippen LogP contribution in [0.3, 0.4) is 0 Å². The van der Waals surface area contributed by atoms with Crippen LogP contribution in [0.4, 0.5) is 4.39 Å². The Morgan fingerprint density at radius 2 is 2.07 bits per heavy atom. The molecular weight excluding hydrogens is 263 g/mol. The van der Waals surface area contributed by atoms with E-state index in [4.69, 9.17) is 0 Å². The molecule has 5 heteroatoms. The third-order valence-electron chi connectivity index (χ3n) is 1.64. The fraction of sp³-hybridized carbons (Fsp3) is 0.200. The molecule has 1 aromatic heterocycles. The van der Waals surface area contributed by atoms with E-state index in [0.717, 1.165) is 0 Å². The Morgan fingerprint density at radius 1 is 1.40 bits per heavy atom. The quantitative estimate of drug-likeness (QED) is 0.802. The molecule has 0 aliphatic heterocycles. The normalized spacial score (nSPS) is 9.60. The summed E-state index contributed by atoms with van der Waals surface area (Å²) in [5.74, 6) is -0.469. The maximum atomic E-state index is 13.2. The van der Waals surface area contributed by atoms with Gasteiger partial charge in [0.2, 0.25) is 0 Å². The molecule has 0 aliphatic rings. The van der Waals surface area contributed by atoms with E-state index in [1.54, 1.807) is 6.07 Å². The molecule has 1 aromatic carbocycles. The summed E-state index contributed by atoms with van der Waals surface area (Å²) in [6, 6.07) is 2.97. The molecule has 3 nitrogen and oxygen atoms in total. The molecule has 0 atom stereocenters. The maximum Gasteiger partial charge on any atom is 0.345 e. The number of benzene rings is 1. The van der Waals surface area contributed by atoms with Crippen LogP contribution in [0.25, 0.3) is 10.9 Å². The minimum Gasteiger partial charge on any atom is -0.303 e. The van der Waals surface area contributed by atoms with Crippen molar-refractivity contribution in [1.29, 1.82) is 0 Å². The van der Waals surface area contributed by atoms with Gasteiger partial charge in [0.1, 0.15) is 5.82 Å². The summed E-state index contributed by atoms with van der Waals surface area (Å²) in [6.45, 7) is 4.00. The number of aromatic nitrogens is 2. The zero-order chi connectivity index (χ0) is 11.4. The molecule has 0 amide bonds. The summed E-state index contributed by atoms with van der Waals surface area (Å²) >= 11 is 3.14. The van der Waals surface area contributed by atoms with E-state index in [0.29, 0.717) is 9.86 Å². The van der Waals surface area contributed by atoms with Gasteiger partial charge in [-0.25, -0.2) is 14.2 Å². The number of rotatable bonds is 0. The number of H-pyrrole nitrogens is 1. The van der Waals surface area contributed by atoms with E-state index in [1.807, 2.05) is 13.8 Å². The van der Waals surface area contributed by atoms with Crippen molar-refractivity contribution in [2.45, 2.75) is 13.8 Å². The first kappa shape index (κ1) is 11.8. The van der Waals surface area contributed by atoms with Crippen molar-refractivity contribution in [1.82, 2.24) is 9.97 Å². The van der Waals surface area contributed by atoms with Crippen molar-refractivity contribution in [3.8, 4) is 0 Å². The lowest BCUT2D eigenvalue weighted by atomic mass is 10.2. The second-order valence-electron chi connectivity index (χ2n) is 2.54. The largest absolute Gasteiger partial charge is 0.345 e. The van der Waals surface area contributed by atoms with E-state index >= 15 is 0 Å². The van der Waals surface area contributed by atoms with Gasteiger partial charge in [0, 0.05) is 16.1 Å². The molecule has 0 radical (unpaired) electrons. The zero-order valence-corrected chi connectivity index (χ0v) is 9.93. The number of nitrogens with one attached hydrogen (secondary N) is 1. The standard InChI is InChI=1S/C8H4BrFN2O.C2H6/c9-5-1-4-3-11-8(13)12-7(4)6(10)2-5;1-2/h1-3H,(H,11,12,13);1-2H3. The topological polar surface area (TPSA) is 45.8 Å². The van der Waals surface area contributed by atoms with Crippen LogP contribution in [0.2, 0.25) is 0 Å². The number of aromatic amines is 1. The highest BCUT2D eigenvalue weighted by Gasteiger charge is 2.03. The Hall–Kier alpha value is -1.23. The van der Waals surface area contributed by atoms with Gasteiger partial charge in [-0.3, -0.25) is 0 Å². The minimum atomic E-state index is -0.547. The Balaban J connectivity index is 0.000000531. The summed E-state index contributed by atoms with van der Waals surface area (Å²) in [6.07, 6.45) is 1.34. The summed E-state index contributed by atoms with van der Waals surface area (Å²) in [5.41, 5.74) is -0.364. The Bertz CT molecular complexity index is 524. The SMILES string of the molecule is CC.O=c1ncc2cc(Br)cc(F)c2[nH]1. The van der Waals surface area contributed by atoms with Crippen LogP contribution < -0.4 is 5.69 Å². The molecular formula is C10H10BrFN2O. The molecule has 80 valence electrons. The van der Waals surface area contributed by atoms with E-state index < -0.39 is 11.5 Å². The predicted octanol–water partition coefficient (Wildman–Crippen LogP) is 2.85. The molecule has 0 unspecified atom stereocenters. The summed E-state index contributed by atoms with van der Waals surface area (Å²) in [5, 5.41) is 0.562. The van der Waals surface area contributed by atoms with Crippen LogP contribution in [0.15, 0.2) is 27.6 Å². The first-order valence-electron chi connectivity index (χ1n) is 4.51. The van der Waals surface area contributed by atoms with E-state index in [9.17, 15) is 9.18 Å². The maximum absolute atomic E-state index is 13.2. The van der Waals surface area contributed by atoms with Crippen LogP contribution in [-0.2, 0) is 0 Å². The number of nitrogens with zero attached hydrogens (tertiary/aromatic N) is 1. The van der Waals surface area contributed by atoms with Crippen molar-refractivity contribution >= 4 is 26.8 Å². The minimum absolute atomic E-state index is 0.184. The van der Waals surface area contributed by atoms with Crippen LogP contribution >= 0.6 is 15.9 Å². The third kappa shape index (κ3) is 2.62. The third-order valence-corrected chi connectivity index (χ3v) is 2.10. The van der Waals surface area contributed by atoms with Gasteiger partial charge in [0.15, 0.2) is 0 Å². The van der Waals surface area contributed by atoms with Gasteiger partial charge in [-0.2, -0.15) is 0 Å². The average molecular weight is 273 g/mol. The van der Waals surface area contributed by atoms with E-state index in [2.05, 4.69) is 25.9 Å². The lowest BCUT2D eigenvalue weighted by Crippen LogP contribution is -2.09. The number of hydrogen-bond acceptors (Lipinski definition) is 2. The zero-order valence-electron chi connectivity index (χ0n) is 8.34. The molecule has 1 N–H and O–H groups in total. The van der Waals surface area contributed by atoms with Gasteiger partial charge in [-0.05, 0) is 12.1 Å². The van der Waals surface area contributed by atoms with Crippen LogP contribution in [-0.4, -0.2) is 9.97 Å². The monoisotopic (exact) mass is 272 g/mol. The van der Waals surface area contributed by atoms with E-state index in [-0.39, 0.29) is 5.52 Å². The van der Waals surface area contributed by atoms with Gasteiger partial charge in [-0.15, -0.1) is 0 Å². The van der Waals surface area contributed by atoms with Crippen molar-refractivity contribution in [3.05, 3.63) is 39.1 Å². The van der Waals surface area contributed by atoms with Gasteiger partial charge in [-0.1, -0.05) is 29.8 Å². The molecule has 1 heterocycles. The lowest BCUT2D eigenvalue weighted by molar-refractivity contribution is 0.635. The molecule has 0 saturated heterocycles. The number of hydrogen-bond donors (Lipinski definition) is 1. The summed E-state index contributed by atoms with van der Waals surface area (Å²) in [7, 11) is 0. The van der Waals surface area contributed by atoms with Crippen LogP contribution in [0, 0.1) is 5.82 Å². The predicted molar refractivity (Wildman–Crippen MR) is 61.4 cm³/mol. The summed E-state index contributed by atoms with van der Waals surface area (Å²) in [4.78, 5) is 16.6. The first-order chi connectivity index (χ1) is 7.16. The Morgan fingerprint density at radius 3 is 2.73 bits per heavy atom. The van der Waals surface area contributed by atoms with Crippen molar-refractivity contribution in [2.24, 2.45) is 0 Å². The fourth-order valence-electron chi connectivity index (χ4n) is 1.09. The van der Waals surface area contributed by atoms with Crippen molar-refractivity contribution in [2.75, 3.05) is 0 Å². The van der Waals surface area contributed by atoms with Crippen molar-refractivity contribution < 1.29 is 4.39 Å². The smallest absolute Gasteiger partial charge is 0.303 e. The Labute approximate surface area is 94.5 Å². The molecule has 15 heavy (non-hydrogen) atoms. The second kappa shape index (κ2) is 5.02. The molecule has 2 rings (SSSR count). The molecule has 0 aliphatic carbocycles. The lowest BCUT2D eigenvalue weighted by Gasteiger charge is -1.98. The van der Waals surface area contributed by atoms with Crippen molar-refractivity contribution in [3.63, 3.8) is 0 Å². The highest BCUT2D eigenvalue weighted by molar-refractivity contribution is 9.10. The molecule has 0 fully saturated rings. The highest BCUT2D eigenvalue weighted by Crippen LogP contribution is 2.19. The average Bonchev–Trinajstić information content (AvgIpc) is 2.22. The summed E-state index contributed by atoms with van der Waals surface area (Å²) < 4.78 is 13.8. The second-order valence-corrected chi connectivity index (χ2v) is 3.46.